The van der Waals surface area contributed by atoms with Gasteiger partial charge >= 0.3 is 0 Å². The third kappa shape index (κ3) is 410. The molecule has 0 saturated carbocycles. The van der Waals surface area contributed by atoms with Crippen LogP contribution in [0.15, 0.2) is 60.7 Å². The standard InChI is InChI=1S/2C8H10.C7H13NO.C5H13N.4C5H12.C4H11N.C3H8O.3CH5N.11CH2O.6H3N/c2*1-2-8-6-4-3-5-7-8;1-7(9)8-5-3-2-4-6-8;1-2-3-4-5-6;4*1-4-5(2)3;1-2-3-4-5;1-3(2)4;14*1-2;;;;;;/h2*3-7H,2H2,1H3;2-6H2,1H3;2-6H2,1H3;4*5H,4H2,1-3H3;2-5H2,1H3;3-4H,1-2H3;3*2H2,1H3;11*1H2;6*1H3. The first-order valence-corrected chi connectivity index (χ1v) is 29.6. The van der Waals surface area contributed by atoms with Crippen molar-refractivity contribution in [3.63, 3.8) is 0 Å². The van der Waals surface area contributed by atoms with Crippen molar-refractivity contribution in [3.8, 4) is 0 Å². The van der Waals surface area contributed by atoms with Crippen molar-refractivity contribution >= 4 is 80.6 Å². The third-order valence-electron chi connectivity index (χ3n) is 8.93. The topological polar surface area (TPSA) is 568 Å². The summed E-state index contributed by atoms with van der Waals surface area (Å²) >= 11 is 0. The molecule has 29 N–H and O–H groups in total. The van der Waals surface area contributed by atoms with Gasteiger partial charge in [-0.25, -0.2) is 0 Å². The molecule has 0 unspecified atom stereocenters. The molecule has 0 aromatic heterocycles. The van der Waals surface area contributed by atoms with E-state index in [1.807, 2.05) is 91.7 Å². The summed E-state index contributed by atoms with van der Waals surface area (Å²) in [6, 6.07) is 20.9. The number of carbonyl (C=O) groups excluding carboxylic acids is 12. The molecule has 0 bridgehead atoms. The van der Waals surface area contributed by atoms with E-state index in [9.17, 15) is 4.79 Å². The lowest BCUT2D eigenvalue weighted by molar-refractivity contribution is -0.129. The molecule has 1 amide bonds. The Morgan fingerprint density at radius 2 is 0.543 bits per heavy atom. The van der Waals surface area contributed by atoms with Crippen molar-refractivity contribution in [2.45, 2.75) is 228 Å². The molecule has 582 valence electrons. The highest BCUT2D eigenvalue weighted by atomic mass is 16.3. The molecule has 0 atom stereocenters. The lowest BCUT2D eigenvalue weighted by Gasteiger charge is -2.24. The van der Waals surface area contributed by atoms with Gasteiger partial charge in [0.15, 0.2) is 0 Å². The van der Waals surface area contributed by atoms with Crippen LogP contribution in [-0.4, -0.2) is 144 Å². The van der Waals surface area contributed by atoms with E-state index in [0.29, 0.717) is 0 Å². The molecule has 1 aliphatic rings. The summed E-state index contributed by atoms with van der Waals surface area (Å²) in [4.78, 5) is 101. The fourth-order valence-corrected chi connectivity index (χ4v) is 3.23. The minimum absolute atomic E-state index is 0. The molecule has 94 heavy (non-hydrogen) atoms. The van der Waals surface area contributed by atoms with Gasteiger partial charge in [-0.2, -0.15) is 0 Å². The van der Waals surface area contributed by atoms with Crippen molar-refractivity contribution in [2.75, 3.05) is 47.3 Å². The fraction of sp³-hybridized carbons (Fsp3) is 0.652. The molecule has 2 aromatic rings. The molecule has 1 fully saturated rings. The molecule has 25 nitrogen and oxygen atoms in total. The SMILES string of the molecule is C=O.C=O.C=O.C=O.C=O.C=O.C=O.C=O.C=O.C=O.C=O.CC(=O)N1CCCCC1.CC(C)O.CCC(C)C.CCC(C)C.CCC(C)C.CCC(C)C.CCCCCN.CCCCN.CCc1ccccc1.CCc1ccccc1.CN.CN.CN.N.N.N.N.N.N. The van der Waals surface area contributed by atoms with Crippen LogP contribution in [0.2, 0.25) is 0 Å². The van der Waals surface area contributed by atoms with E-state index in [0.717, 1.165) is 62.7 Å². The van der Waals surface area contributed by atoms with Gasteiger partial charge in [-0.1, -0.05) is 216 Å². The monoisotopic (exact) mass is 1370 g/mol. The molecular weight excluding hydrogens is 1200 g/mol. The zero-order chi connectivity index (χ0) is 76.0. The summed E-state index contributed by atoms with van der Waals surface area (Å²) in [6.07, 6.45) is 17.2. The van der Waals surface area contributed by atoms with E-state index in [-0.39, 0.29) is 48.9 Å². The van der Waals surface area contributed by atoms with Gasteiger partial charge in [0.05, 0.1) is 0 Å². The minimum Gasteiger partial charge on any atom is -0.394 e. The van der Waals surface area contributed by atoms with E-state index in [1.54, 1.807) is 20.8 Å². The van der Waals surface area contributed by atoms with Crippen LogP contribution in [0.3, 0.4) is 0 Å². The predicted molar refractivity (Wildman–Crippen MR) is 417 cm³/mol. The van der Waals surface area contributed by atoms with Gasteiger partial charge in [-0.15, -0.1) is 0 Å². The first-order valence-electron chi connectivity index (χ1n) is 29.6. The van der Waals surface area contributed by atoms with Crippen molar-refractivity contribution in [2.24, 2.45) is 52.3 Å². The average Bonchev–Trinajstić information content (AvgIpc) is 3.62. The second kappa shape index (κ2) is 268. The Morgan fingerprint density at radius 1 is 0.372 bits per heavy atom. The van der Waals surface area contributed by atoms with Crippen molar-refractivity contribution in [1.82, 2.24) is 41.8 Å². The molecule has 25 heteroatoms. The summed E-state index contributed by atoms with van der Waals surface area (Å²) in [5.41, 5.74) is 26.7. The Morgan fingerprint density at radius 3 is 0.617 bits per heavy atom. The maximum Gasteiger partial charge on any atom is 0.219 e. The van der Waals surface area contributed by atoms with Gasteiger partial charge in [0.25, 0.3) is 0 Å². The number of piperidine rings is 1. The van der Waals surface area contributed by atoms with Crippen LogP contribution >= 0.6 is 0 Å². The zero-order valence-electron chi connectivity index (χ0n) is 65.6. The lowest BCUT2D eigenvalue weighted by atomic mass is 10.1. The number of nitrogens with zero attached hydrogens (tertiary/aromatic N) is 1. The Labute approximate surface area is 581 Å². The normalized spacial score (nSPS) is 7.56. The molecule has 3 rings (SSSR count). The first-order chi connectivity index (χ1) is 42.3. The number of hydrogen-bond acceptors (Lipinski definition) is 24. The second-order valence-electron chi connectivity index (χ2n) is 17.2. The predicted octanol–water partition coefficient (Wildman–Crippen LogP) is 13.7. The van der Waals surface area contributed by atoms with Crippen LogP contribution in [0.5, 0.6) is 0 Å². The number of nitrogens with two attached hydrogens (primary N) is 5. The van der Waals surface area contributed by atoms with Gasteiger partial charge < -0.3 is 128 Å². The van der Waals surface area contributed by atoms with Crippen molar-refractivity contribution in [1.29, 1.82) is 0 Å². The van der Waals surface area contributed by atoms with Gasteiger partial charge in [-0.3, -0.25) is 4.79 Å². The molecule has 1 aliphatic heterocycles. The zero-order valence-corrected chi connectivity index (χ0v) is 65.6. The highest BCUT2D eigenvalue weighted by Gasteiger charge is 2.11. The number of amides is 1. The first kappa shape index (κ1) is 179. The number of aliphatic hydroxyl groups excluding tert-OH is 1. The largest absolute Gasteiger partial charge is 0.394 e. The molecule has 0 aliphatic carbocycles. The lowest BCUT2D eigenvalue weighted by Crippen LogP contribution is -2.33. The number of benzene rings is 2. The number of carbonyl (C=O) groups is 12. The number of likely N-dealkylation sites (tertiary alicyclic amines) is 1. The second-order valence-corrected chi connectivity index (χ2v) is 17.2. The molecule has 1 heterocycles. The van der Waals surface area contributed by atoms with Crippen LogP contribution < -0.4 is 65.6 Å². The maximum absolute atomic E-state index is 10.7. The maximum atomic E-state index is 10.7. The summed E-state index contributed by atoms with van der Waals surface area (Å²) in [5, 5.41) is 8.06. The molecule has 1 saturated heterocycles. The smallest absolute Gasteiger partial charge is 0.219 e. The van der Waals surface area contributed by atoms with E-state index < -0.39 is 0 Å². The Bertz CT molecular complexity index is 1080. The molecule has 0 radical (unpaired) electrons. The van der Waals surface area contributed by atoms with Crippen LogP contribution in [0, 0.1) is 23.7 Å². The summed E-state index contributed by atoms with van der Waals surface area (Å²) in [6.45, 7) is 66.0. The van der Waals surface area contributed by atoms with Crippen LogP contribution in [0.1, 0.15) is 220 Å². The van der Waals surface area contributed by atoms with Crippen LogP contribution in [0.25, 0.3) is 0 Å². The summed E-state index contributed by atoms with van der Waals surface area (Å²) in [7, 11) is 4.50. The number of hydrogen-bond donors (Lipinski definition) is 12. The molecule has 2 aromatic carbocycles. The van der Waals surface area contributed by atoms with Crippen molar-refractivity contribution in [3.05, 3.63) is 71.8 Å². The van der Waals surface area contributed by atoms with Gasteiger partial charge in [-0.05, 0) is 128 Å². The highest BCUT2D eigenvalue weighted by molar-refractivity contribution is 5.73. The Balaban J connectivity index is -0.0000000203. The van der Waals surface area contributed by atoms with Crippen molar-refractivity contribution < 1.29 is 62.6 Å². The van der Waals surface area contributed by atoms with Crippen LogP contribution in [0.4, 0.5) is 0 Å². The van der Waals surface area contributed by atoms with E-state index in [2.05, 4.69) is 177 Å². The average molecular weight is 1370 g/mol. The summed E-state index contributed by atoms with van der Waals surface area (Å²) in [5.74, 6) is 3.77. The van der Waals surface area contributed by atoms with Gasteiger partial charge in [0, 0.05) is 26.1 Å². The summed E-state index contributed by atoms with van der Waals surface area (Å²) < 4.78 is 0. The number of aryl methyl sites for hydroxylation is 2. The van der Waals surface area contributed by atoms with E-state index in [4.69, 9.17) is 69.3 Å². The molecule has 0 spiro atoms. The van der Waals surface area contributed by atoms with Crippen LogP contribution in [-0.2, 0) is 70.4 Å². The van der Waals surface area contributed by atoms with Gasteiger partial charge in [0.2, 0.25) is 5.91 Å². The quantitative estimate of drug-likeness (QED) is 0.0930. The van der Waals surface area contributed by atoms with Gasteiger partial charge in [0.1, 0.15) is 74.7 Å². The number of aliphatic hydroxyl groups is 1. The third-order valence-corrected chi connectivity index (χ3v) is 8.93. The fourth-order valence-electron chi connectivity index (χ4n) is 3.23. The van der Waals surface area contributed by atoms with E-state index in [1.165, 1.54) is 109 Å². The van der Waals surface area contributed by atoms with E-state index >= 15 is 0 Å². The highest BCUT2D eigenvalue weighted by Crippen LogP contribution is 2.07. The minimum atomic E-state index is -0.167. The molecular formula is C69H168N12O13. The Hall–Kier alpha value is -6.20. The Kier molecular flexibility index (Phi) is 511. The number of rotatable bonds is 11. The number of unbranched alkanes of at least 4 members (excludes halogenated alkanes) is 3.